The zero-order valence-corrected chi connectivity index (χ0v) is 11.3. The van der Waals surface area contributed by atoms with Crippen LogP contribution in [0.4, 0.5) is 5.69 Å². The molecular formula is C15H20N4. The molecule has 0 atom stereocenters. The summed E-state index contributed by atoms with van der Waals surface area (Å²) >= 11 is 0. The molecule has 0 fully saturated rings. The summed E-state index contributed by atoms with van der Waals surface area (Å²) in [7, 11) is 0. The van der Waals surface area contributed by atoms with Crippen LogP contribution in [0.25, 0.3) is 0 Å². The van der Waals surface area contributed by atoms with Crippen LogP contribution in [-0.2, 0) is 26.1 Å². The van der Waals surface area contributed by atoms with Crippen molar-refractivity contribution in [1.29, 1.82) is 0 Å². The number of hydrogen-bond acceptors (Lipinski definition) is 3. The van der Waals surface area contributed by atoms with Gasteiger partial charge < -0.3 is 10.3 Å². The van der Waals surface area contributed by atoms with E-state index >= 15 is 0 Å². The van der Waals surface area contributed by atoms with E-state index < -0.39 is 0 Å². The summed E-state index contributed by atoms with van der Waals surface area (Å²) in [6.45, 7) is 6.02. The van der Waals surface area contributed by atoms with Gasteiger partial charge in [0.2, 0.25) is 0 Å². The van der Waals surface area contributed by atoms with Gasteiger partial charge in [-0.2, -0.15) is 0 Å². The molecule has 0 unspecified atom stereocenters. The minimum absolute atomic E-state index is 0.897. The Bertz CT molecular complexity index is 573. The number of hydrogen-bond donors (Lipinski definition) is 1. The maximum absolute atomic E-state index is 6.09. The molecule has 0 saturated carbocycles. The molecule has 4 heteroatoms. The van der Waals surface area contributed by atoms with Crippen LogP contribution >= 0.6 is 0 Å². The number of imidazole rings is 1. The number of anilines is 1. The highest BCUT2D eigenvalue weighted by Crippen LogP contribution is 2.24. The number of nitrogens with two attached hydrogens (primary N) is 1. The van der Waals surface area contributed by atoms with E-state index in [1.807, 2.05) is 24.5 Å². The number of fused-ring (bicyclic) bond motifs is 1. The molecule has 0 radical (unpaired) electrons. The second-order valence-corrected chi connectivity index (χ2v) is 5.08. The Kier molecular flexibility index (Phi) is 3.25. The lowest BCUT2D eigenvalue weighted by Crippen LogP contribution is -2.31. The van der Waals surface area contributed by atoms with E-state index in [9.17, 15) is 0 Å². The second kappa shape index (κ2) is 5.05. The third kappa shape index (κ3) is 2.36. The van der Waals surface area contributed by atoms with E-state index in [1.165, 1.54) is 11.1 Å². The van der Waals surface area contributed by atoms with E-state index in [1.54, 1.807) is 0 Å². The third-order valence-corrected chi connectivity index (χ3v) is 3.90. The molecule has 0 amide bonds. The minimum Gasteiger partial charge on any atom is -0.398 e. The normalized spacial score (nSPS) is 15.4. The van der Waals surface area contributed by atoms with E-state index in [-0.39, 0.29) is 0 Å². The Morgan fingerprint density at radius 3 is 3.11 bits per heavy atom. The van der Waals surface area contributed by atoms with Gasteiger partial charge >= 0.3 is 0 Å². The lowest BCUT2D eigenvalue weighted by molar-refractivity contribution is 0.237. The van der Waals surface area contributed by atoms with Gasteiger partial charge in [-0.1, -0.05) is 12.1 Å². The van der Waals surface area contributed by atoms with Crippen molar-refractivity contribution in [3.63, 3.8) is 0 Å². The monoisotopic (exact) mass is 256 g/mol. The van der Waals surface area contributed by atoms with Gasteiger partial charge in [0.05, 0.1) is 6.54 Å². The fraction of sp³-hybridized carbons (Fsp3) is 0.400. The van der Waals surface area contributed by atoms with Crippen LogP contribution < -0.4 is 5.73 Å². The van der Waals surface area contributed by atoms with Gasteiger partial charge in [0.15, 0.2) is 0 Å². The first-order chi connectivity index (χ1) is 9.28. The largest absolute Gasteiger partial charge is 0.398 e. The number of aryl methyl sites for hydroxylation is 1. The standard InChI is InChI=1S/C15H20N4/c1-2-19-9-7-17-15(19)11-18-8-6-12-4-3-5-14(16)13(12)10-18/h3-5,7,9H,2,6,8,10-11,16H2,1H3. The number of benzene rings is 1. The highest BCUT2D eigenvalue weighted by atomic mass is 15.2. The van der Waals surface area contributed by atoms with Gasteiger partial charge in [0.1, 0.15) is 5.82 Å². The molecule has 1 aromatic carbocycles. The Hall–Kier alpha value is -1.81. The molecule has 0 spiro atoms. The van der Waals surface area contributed by atoms with E-state index in [0.29, 0.717) is 0 Å². The van der Waals surface area contributed by atoms with Crippen molar-refractivity contribution in [1.82, 2.24) is 14.5 Å². The van der Waals surface area contributed by atoms with Crippen molar-refractivity contribution in [3.8, 4) is 0 Å². The Morgan fingerprint density at radius 1 is 1.37 bits per heavy atom. The molecule has 100 valence electrons. The van der Waals surface area contributed by atoms with Crippen LogP contribution in [0.15, 0.2) is 30.6 Å². The van der Waals surface area contributed by atoms with Gasteiger partial charge in [0, 0.05) is 37.7 Å². The van der Waals surface area contributed by atoms with Crippen molar-refractivity contribution in [2.75, 3.05) is 12.3 Å². The summed E-state index contributed by atoms with van der Waals surface area (Å²) in [5, 5.41) is 0. The first-order valence-electron chi connectivity index (χ1n) is 6.86. The zero-order valence-electron chi connectivity index (χ0n) is 11.3. The quantitative estimate of drug-likeness (QED) is 0.855. The average molecular weight is 256 g/mol. The molecule has 1 aliphatic rings. The van der Waals surface area contributed by atoms with Crippen LogP contribution in [0.2, 0.25) is 0 Å². The molecule has 2 N–H and O–H groups in total. The van der Waals surface area contributed by atoms with Crippen LogP contribution in [0.5, 0.6) is 0 Å². The van der Waals surface area contributed by atoms with Crippen molar-refractivity contribution in [2.45, 2.75) is 33.0 Å². The fourth-order valence-corrected chi connectivity index (χ4v) is 2.78. The molecule has 3 rings (SSSR count). The fourth-order valence-electron chi connectivity index (χ4n) is 2.78. The summed E-state index contributed by atoms with van der Waals surface area (Å²) in [5.74, 6) is 1.14. The molecule has 2 heterocycles. The predicted octanol–water partition coefficient (Wildman–Crippen LogP) is 2.04. The summed E-state index contributed by atoms with van der Waals surface area (Å²) in [6, 6.07) is 6.24. The first kappa shape index (κ1) is 12.2. The summed E-state index contributed by atoms with van der Waals surface area (Å²) < 4.78 is 2.20. The van der Waals surface area contributed by atoms with E-state index in [0.717, 1.165) is 44.1 Å². The summed E-state index contributed by atoms with van der Waals surface area (Å²) in [6.07, 6.45) is 5.00. The molecule has 1 aromatic heterocycles. The van der Waals surface area contributed by atoms with Crippen LogP contribution in [0, 0.1) is 0 Å². The zero-order chi connectivity index (χ0) is 13.2. The summed E-state index contributed by atoms with van der Waals surface area (Å²) in [5.41, 5.74) is 9.70. The Balaban J connectivity index is 1.77. The van der Waals surface area contributed by atoms with Crippen molar-refractivity contribution in [3.05, 3.63) is 47.5 Å². The number of rotatable bonds is 3. The first-order valence-corrected chi connectivity index (χ1v) is 6.86. The lowest BCUT2D eigenvalue weighted by atomic mass is 9.98. The SMILES string of the molecule is CCn1ccnc1CN1CCc2cccc(N)c2C1. The molecule has 4 nitrogen and oxygen atoms in total. The second-order valence-electron chi connectivity index (χ2n) is 5.08. The van der Waals surface area contributed by atoms with Crippen LogP contribution in [0.1, 0.15) is 23.9 Å². The summed E-state index contributed by atoms with van der Waals surface area (Å²) in [4.78, 5) is 6.87. The topological polar surface area (TPSA) is 47.1 Å². The highest BCUT2D eigenvalue weighted by Gasteiger charge is 2.19. The minimum atomic E-state index is 0.897. The smallest absolute Gasteiger partial charge is 0.122 e. The van der Waals surface area contributed by atoms with Crippen LogP contribution in [-0.4, -0.2) is 21.0 Å². The van der Waals surface area contributed by atoms with Crippen molar-refractivity contribution >= 4 is 5.69 Å². The van der Waals surface area contributed by atoms with Gasteiger partial charge in [0.25, 0.3) is 0 Å². The van der Waals surface area contributed by atoms with Gasteiger partial charge in [-0.05, 0) is 30.5 Å². The lowest BCUT2D eigenvalue weighted by Gasteiger charge is -2.29. The van der Waals surface area contributed by atoms with Gasteiger partial charge in [-0.15, -0.1) is 0 Å². The van der Waals surface area contributed by atoms with Gasteiger partial charge in [-0.3, -0.25) is 4.90 Å². The number of nitrogen functional groups attached to an aromatic ring is 1. The maximum Gasteiger partial charge on any atom is 0.122 e. The molecule has 2 aromatic rings. The van der Waals surface area contributed by atoms with Crippen molar-refractivity contribution < 1.29 is 0 Å². The molecular weight excluding hydrogens is 236 g/mol. The molecule has 0 bridgehead atoms. The third-order valence-electron chi connectivity index (χ3n) is 3.90. The molecule has 19 heavy (non-hydrogen) atoms. The predicted molar refractivity (Wildman–Crippen MR) is 76.6 cm³/mol. The van der Waals surface area contributed by atoms with E-state index in [4.69, 9.17) is 5.73 Å². The highest BCUT2D eigenvalue weighted by molar-refractivity contribution is 5.51. The average Bonchev–Trinajstić information content (AvgIpc) is 2.87. The number of nitrogens with zero attached hydrogens (tertiary/aromatic N) is 3. The van der Waals surface area contributed by atoms with Crippen molar-refractivity contribution in [2.24, 2.45) is 0 Å². The van der Waals surface area contributed by atoms with Gasteiger partial charge in [-0.25, -0.2) is 4.98 Å². The Labute approximate surface area is 113 Å². The maximum atomic E-state index is 6.09. The number of aromatic nitrogens is 2. The van der Waals surface area contributed by atoms with Crippen LogP contribution in [0.3, 0.4) is 0 Å². The van der Waals surface area contributed by atoms with E-state index in [2.05, 4.69) is 27.4 Å². The molecule has 1 aliphatic heterocycles. The molecule has 0 saturated heterocycles. The molecule has 0 aliphatic carbocycles. The Morgan fingerprint density at radius 2 is 2.26 bits per heavy atom.